The first-order chi connectivity index (χ1) is 12.5. The summed E-state index contributed by atoms with van der Waals surface area (Å²) in [4.78, 5) is 4.28. The highest BCUT2D eigenvalue weighted by atomic mass is 32.2. The molecule has 26 heavy (non-hydrogen) atoms. The average molecular weight is 373 g/mol. The van der Waals surface area contributed by atoms with Gasteiger partial charge in [-0.3, -0.25) is 4.98 Å². The fourth-order valence-corrected chi connectivity index (χ4v) is 3.84. The molecule has 0 spiro atoms. The quantitative estimate of drug-likeness (QED) is 0.684. The molecular formula is C18H19N3O4S. The number of pyridine rings is 1. The van der Waals surface area contributed by atoms with Crippen LogP contribution in [-0.4, -0.2) is 18.6 Å². The maximum atomic E-state index is 12.5. The van der Waals surface area contributed by atoms with Crippen molar-refractivity contribution < 1.29 is 17.7 Å². The highest BCUT2D eigenvalue weighted by molar-refractivity contribution is 7.89. The van der Waals surface area contributed by atoms with E-state index in [2.05, 4.69) is 14.9 Å². The molecule has 0 saturated carbocycles. The Kier molecular flexibility index (Phi) is 5.34. The second-order valence-corrected chi connectivity index (χ2v) is 7.44. The van der Waals surface area contributed by atoms with E-state index in [1.54, 1.807) is 26.1 Å². The summed E-state index contributed by atoms with van der Waals surface area (Å²) in [7, 11) is -3.70. The van der Waals surface area contributed by atoms with Crippen LogP contribution in [0.2, 0.25) is 0 Å². The molecule has 3 rings (SSSR count). The van der Waals surface area contributed by atoms with E-state index in [0.717, 1.165) is 11.3 Å². The van der Waals surface area contributed by atoms with Crippen LogP contribution in [0.15, 0.2) is 58.1 Å². The van der Waals surface area contributed by atoms with Gasteiger partial charge in [-0.1, -0.05) is 23.4 Å². The van der Waals surface area contributed by atoms with Gasteiger partial charge in [0.15, 0.2) is 5.76 Å². The Morgan fingerprint density at radius 1 is 1.15 bits per heavy atom. The van der Waals surface area contributed by atoms with E-state index in [1.165, 1.54) is 0 Å². The Hall–Kier alpha value is -2.71. The van der Waals surface area contributed by atoms with Gasteiger partial charge >= 0.3 is 0 Å². The molecule has 0 aliphatic rings. The summed E-state index contributed by atoms with van der Waals surface area (Å²) >= 11 is 0. The third-order valence-electron chi connectivity index (χ3n) is 3.71. The number of aryl methyl sites for hydroxylation is 2. The number of benzene rings is 1. The first-order valence-corrected chi connectivity index (χ1v) is 9.48. The van der Waals surface area contributed by atoms with Gasteiger partial charge in [0, 0.05) is 12.7 Å². The summed E-state index contributed by atoms with van der Waals surface area (Å²) in [5.41, 5.74) is 1.93. The van der Waals surface area contributed by atoms with Gasteiger partial charge in [0.05, 0.1) is 5.69 Å². The molecule has 0 fully saturated rings. The number of ether oxygens (including phenoxy) is 1. The fourth-order valence-electron chi connectivity index (χ4n) is 2.49. The summed E-state index contributed by atoms with van der Waals surface area (Å²) in [6.07, 6.45) is 1.71. The number of hydrogen-bond acceptors (Lipinski definition) is 6. The van der Waals surface area contributed by atoms with Crippen molar-refractivity contribution in [2.45, 2.75) is 31.9 Å². The van der Waals surface area contributed by atoms with Gasteiger partial charge in [0.2, 0.25) is 10.0 Å². The van der Waals surface area contributed by atoms with Gasteiger partial charge in [0.25, 0.3) is 0 Å². The smallest absolute Gasteiger partial charge is 0.246 e. The van der Waals surface area contributed by atoms with Crippen LogP contribution in [-0.2, 0) is 23.2 Å². The molecule has 2 aromatic heterocycles. The Morgan fingerprint density at radius 3 is 2.69 bits per heavy atom. The van der Waals surface area contributed by atoms with Gasteiger partial charge in [-0.2, -0.15) is 0 Å². The second kappa shape index (κ2) is 7.67. The van der Waals surface area contributed by atoms with Crippen molar-refractivity contribution in [2.24, 2.45) is 0 Å². The molecule has 0 unspecified atom stereocenters. The standard InChI is InChI=1S/C18H19N3O4S/c1-13-18(14(2)25-21-13)26(22,23)20-11-15-6-5-8-17(10-15)24-12-16-7-3-4-9-19-16/h3-10,20H,11-12H2,1-2H3. The molecule has 0 aliphatic carbocycles. The second-order valence-electron chi connectivity index (χ2n) is 5.74. The normalized spacial score (nSPS) is 11.5. The maximum absolute atomic E-state index is 12.5. The van der Waals surface area contributed by atoms with Gasteiger partial charge in [-0.25, -0.2) is 13.1 Å². The van der Waals surface area contributed by atoms with Crippen LogP contribution in [0.5, 0.6) is 5.75 Å². The van der Waals surface area contributed by atoms with Crippen molar-refractivity contribution in [3.05, 3.63) is 71.4 Å². The van der Waals surface area contributed by atoms with Crippen molar-refractivity contribution in [3.63, 3.8) is 0 Å². The summed E-state index contributed by atoms with van der Waals surface area (Å²) < 4.78 is 38.1. The zero-order chi connectivity index (χ0) is 18.6. The Balaban J connectivity index is 1.65. The van der Waals surface area contributed by atoms with E-state index in [4.69, 9.17) is 9.26 Å². The van der Waals surface area contributed by atoms with Crippen LogP contribution in [0.3, 0.4) is 0 Å². The van der Waals surface area contributed by atoms with E-state index < -0.39 is 10.0 Å². The van der Waals surface area contributed by atoms with E-state index in [9.17, 15) is 8.42 Å². The predicted molar refractivity (Wildman–Crippen MR) is 95.0 cm³/mol. The average Bonchev–Trinajstić information content (AvgIpc) is 2.99. The maximum Gasteiger partial charge on any atom is 0.246 e. The molecule has 1 aromatic carbocycles. The largest absolute Gasteiger partial charge is 0.487 e. The lowest BCUT2D eigenvalue weighted by molar-refractivity contribution is 0.301. The van der Waals surface area contributed by atoms with E-state index in [-0.39, 0.29) is 17.2 Å². The van der Waals surface area contributed by atoms with Crippen molar-refractivity contribution in [3.8, 4) is 5.75 Å². The van der Waals surface area contributed by atoms with E-state index in [0.29, 0.717) is 18.1 Å². The number of nitrogens with one attached hydrogen (secondary N) is 1. The molecule has 0 aliphatic heterocycles. The van der Waals surface area contributed by atoms with E-state index >= 15 is 0 Å². The Bertz CT molecular complexity index is 965. The molecule has 0 radical (unpaired) electrons. The minimum absolute atomic E-state index is 0.0834. The number of rotatable bonds is 7. The molecule has 0 saturated heterocycles. The zero-order valence-electron chi connectivity index (χ0n) is 14.5. The molecule has 1 N–H and O–H groups in total. The van der Waals surface area contributed by atoms with Gasteiger partial charge in [0.1, 0.15) is 22.9 Å². The molecule has 0 atom stereocenters. The third kappa shape index (κ3) is 4.27. The molecule has 8 heteroatoms. The lowest BCUT2D eigenvalue weighted by Gasteiger charge is -2.09. The number of sulfonamides is 1. The summed E-state index contributed by atoms with van der Waals surface area (Å²) in [6, 6.07) is 12.9. The fraction of sp³-hybridized carbons (Fsp3) is 0.222. The van der Waals surface area contributed by atoms with E-state index in [1.807, 2.05) is 36.4 Å². The van der Waals surface area contributed by atoms with Crippen LogP contribution in [0.1, 0.15) is 22.7 Å². The Labute approximate surface area is 152 Å². The van der Waals surface area contributed by atoms with Crippen LogP contribution in [0.4, 0.5) is 0 Å². The highest BCUT2D eigenvalue weighted by Gasteiger charge is 2.23. The zero-order valence-corrected chi connectivity index (χ0v) is 15.3. The lowest BCUT2D eigenvalue weighted by Crippen LogP contribution is -2.24. The van der Waals surface area contributed by atoms with Crippen LogP contribution in [0, 0.1) is 13.8 Å². The molecule has 136 valence electrons. The minimum Gasteiger partial charge on any atom is -0.487 e. The molecular weight excluding hydrogens is 354 g/mol. The lowest BCUT2D eigenvalue weighted by atomic mass is 10.2. The number of nitrogens with zero attached hydrogens (tertiary/aromatic N) is 2. The van der Waals surface area contributed by atoms with Crippen molar-refractivity contribution in [1.29, 1.82) is 0 Å². The van der Waals surface area contributed by atoms with Gasteiger partial charge in [-0.05, 0) is 43.7 Å². The number of hydrogen-bond donors (Lipinski definition) is 1. The van der Waals surface area contributed by atoms with Crippen LogP contribution >= 0.6 is 0 Å². The first-order valence-electron chi connectivity index (χ1n) is 8.00. The van der Waals surface area contributed by atoms with Gasteiger partial charge in [-0.15, -0.1) is 0 Å². The predicted octanol–water partition coefficient (Wildman–Crippen LogP) is 2.74. The molecule has 0 amide bonds. The number of aromatic nitrogens is 2. The molecule has 3 aromatic rings. The van der Waals surface area contributed by atoms with Crippen molar-refractivity contribution in [1.82, 2.24) is 14.9 Å². The summed E-state index contributed by atoms with van der Waals surface area (Å²) in [5, 5.41) is 3.68. The van der Waals surface area contributed by atoms with Crippen LogP contribution in [0.25, 0.3) is 0 Å². The first kappa shape index (κ1) is 18.1. The molecule has 7 nitrogen and oxygen atoms in total. The van der Waals surface area contributed by atoms with Gasteiger partial charge < -0.3 is 9.26 Å². The topological polar surface area (TPSA) is 94.3 Å². The van der Waals surface area contributed by atoms with Crippen LogP contribution < -0.4 is 9.46 Å². The molecule has 0 bridgehead atoms. The summed E-state index contributed by atoms with van der Waals surface area (Å²) in [5.74, 6) is 0.909. The SMILES string of the molecule is Cc1noc(C)c1S(=O)(=O)NCc1cccc(OCc2ccccn2)c1. The van der Waals surface area contributed by atoms with Crippen molar-refractivity contribution in [2.75, 3.05) is 0 Å². The minimum atomic E-state index is -3.70. The third-order valence-corrected chi connectivity index (χ3v) is 5.36. The summed E-state index contributed by atoms with van der Waals surface area (Å²) in [6.45, 7) is 3.64. The molecule has 2 heterocycles. The monoisotopic (exact) mass is 373 g/mol. The highest BCUT2D eigenvalue weighted by Crippen LogP contribution is 2.20. The Morgan fingerprint density at radius 2 is 2.00 bits per heavy atom. The van der Waals surface area contributed by atoms with Crippen molar-refractivity contribution >= 4 is 10.0 Å².